The Morgan fingerprint density at radius 1 is 1.15 bits per heavy atom. The average molecular weight is 572 g/mol. The van der Waals surface area contributed by atoms with Crippen LogP contribution in [0.3, 0.4) is 0 Å². The second-order valence-corrected chi connectivity index (χ2v) is 10.8. The molecule has 0 amide bonds. The van der Waals surface area contributed by atoms with E-state index in [0.717, 1.165) is 91.0 Å². The quantitative estimate of drug-likeness (QED) is 0.230. The van der Waals surface area contributed by atoms with Gasteiger partial charge in [0.25, 0.3) is 0 Å². The molecule has 1 aliphatic heterocycles. The van der Waals surface area contributed by atoms with Crippen molar-refractivity contribution in [2.24, 2.45) is 0 Å². The number of Topliss-reactive ketones (excluding diaryl/α,β-unsaturated/α-hetero) is 1. The molecule has 4 aromatic rings. The normalized spacial score (nSPS) is 14.3. The van der Waals surface area contributed by atoms with Crippen molar-refractivity contribution in [2.45, 2.75) is 32.2 Å². The van der Waals surface area contributed by atoms with Gasteiger partial charge in [-0.1, -0.05) is 18.6 Å². The Hall–Kier alpha value is -3.10. The van der Waals surface area contributed by atoms with Gasteiger partial charge in [-0.05, 0) is 32.0 Å². The monoisotopic (exact) mass is 571 g/mol. The summed E-state index contributed by atoms with van der Waals surface area (Å²) in [5, 5.41) is 20.7. The summed E-state index contributed by atoms with van der Waals surface area (Å²) in [7, 11) is 2.18. The molecule has 39 heavy (non-hydrogen) atoms. The lowest BCUT2D eigenvalue weighted by molar-refractivity contribution is -0.121. The van der Waals surface area contributed by atoms with Gasteiger partial charge >= 0.3 is 11.6 Å². The molecule has 1 fully saturated rings. The summed E-state index contributed by atoms with van der Waals surface area (Å²) in [6.07, 6.45) is 4.91. The number of aliphatic hydroxyl groups is 1. The number of anilines is 1. The molecule has 3 N–H and O–H groups in total. The number of fused-ring (bicyclic) bond motifs is 2. The third-order valence-electron chi connectivity index (χ3n) is 6.72. The number of aliphatic hydroxyl groups excluding tert-OH is 1. The first-order valence-electron chi connectivity index (χ1n) is 12.9. The van der Waals surface area contributed by atoms with Crippen molar-refractivity contribution in [2.75, 3.05) is 51.7 Å². The Kier molecular flexibility index (Phi) is 10.6. The summed E-state index contributed by atoms with van der Waals surface area (Å²) in [5.41, 5.74) is 2.88. The zero-order chi connectivity index (χ0) is 27.6. The molecule has 0 unspecified atom stereocenters. The van der Waals surface area contributed by atoms with Gasteiger partial charge in [0.1, 0.15) is 12.4 Å². The molecule has 3 aromatic heterocycles. The van der Waals surface area contributed by atoms with Crippen molar-refractivity contribution in [3.8, 4) is 11.4 Å². The standard InChI is InChI=1S/C26H33N7O2S.O2S/c1-32-10-12-33(13-11-32)16-19-14-23-24(36-19)26(27-9-4-2-3-6-18(35)17-34)30-25(29-23)20-7-5-8-22-21(20)15-28-31-22;1-3-2/h5,7-8,14-15,34H,2-4,6,9-13,16-17H2,1H3,(H,28,31)(H,27,29,30);. The van der Waals surface area contributed by atoms with Crippen LogP contribution in [0.2, 0.25) is 0 Å². The number of piperazine rings is 1. The molecule has 0 aliphatic carbocycles. The fraction of sp³-hybridized carbons (Fsp3) is 0.462. The van der Waals surface area contributed by atoms with Crippen LogP contribution in [0.25, 0.3) is 32.5 Å². The van der Waals surface area contributed by atoms with Gasteiger partial charge < -0.3 is 15.3 Å². The van der Waals surface area contributed by atoms with E-state index in [1.807, 2.05) is 24.4 Å². The maximum absolute atomic E-state index is 11.3. The molecule has 1 saturated heterocycles. The van der Waals surface area contributed by atoms with Crippen LogP contribution in [0, 0.1) is 0 Å². The number of nitrogens with one attached hydrogen (secondary N) is 2. The van der Waals surface area contributed by atoms with Crippen LogP contribution in [0.5, 0.6) is 0 Å². The van der Waals surface area contributed by atoms with Crippen molar-refractivity contribution in [3.05, 3.63) is 35.3 Å². The topological polar surface area (TPSA) is 144 Å². The number of thiophene rings is 1. The maximum atomic E-state index is 11.3. The van der Waals surface area contributed by atoms with Crippen molar-refractivity contribution < 1.29 is 18.3 Å². The summed E-state index contributed by atoms with van der Waals surface area (Å²) in [4.78, 5) is 27.5. The van der Waals surface area contributed by atoms with E-state index in [1.54, 1.807) is 11.3 Å². The Morgan fingerprint density at radius 2 is 1.95 bits per heavy atom. The number of aromatic nitrogens is 4. The summed E-state index contributed by atoms with van der Waals surface area (Å²) >= 11 is 1.02. The van der Waals surface area contributed by atoms with Crippen LogP contribution in [0.4, 0.5) is 5.82 Å². The minimum Gasteiger partial charge on any atom is -0.389 e. The number of hydrogen-bond donors (Lipinski definition) is 3. The van der Waals surface area contributed by atoms with E-state index in [4.69, 9.17) is 23.5 Å². The lowest BCUT2D eigenvalue weighted by Gasteiger charge is -2.31. The first kappa shape index (κ1) is 28.9. The van der Waals surface area contributed by atoms with Gasteiger partial charge in [-0.3, -0.25) is 14.8 Å². The maximum Gasteiger partial charge on any atom is 0.335 e. The highest BCUT2D eigenvalue weighted by Crippen LogP contribution is 2.34. The second-order valence-electron chi connectivity index (χ2n) is 9.54. The molecule has 0 saturated carbocycles. The van der Waals surface area contributed by atoms with E-state index < -0.39 is 11.6 Å². The summed E-state index contributed by atoms with van der Waals surface area (Å²) in [5.74, 6) is 1.45. The largest absolute Gasteiger partial charge is 0.389 e. The number of benzene rings is 1. The third kappa shape index (κ3) is 7.73. The number of H-pyrrole nitrogens is 1. The van der Waals surface area contributed by atoms with Crippen LogP contribution in [-0.4, -0.2) is 95.7 Å². The molecular weight excluding hydrogens is 538 g/mol. The molecule has 0 radical (unpaired) electrons. The minimum absolute atomic E-state index is 0.0926. The van der Waals surface area contributed by atoms with E-state index in [2.05, 4.69) is 38.4 Å². The predicted molar refractivity (Wildman–Crippen MR) is 153 cm³/mol. The SMILES string of the molecule is CN1CCN(Cc2cc3nc(-c4cccc5[nH]ncc45)nc(NCCCCCC(=O)CO)c3s2)CC1.O=S=O. The zero-order valence-electron chi connectivity index (χ0n) is 21.9. The number of ketones is 1. The van der Waals surface area contributed by atoms with Gasteiger partial charge in [0.05, 0.1) is 21.9 Å². The van der Waals surface area contributed by atoms with Crippen LogP contribution < -0.4 is 5.32 Å². The first-order chi connectivity index (χ1) is 19.0. The molecule has 1 aromatic carbocycles. The lowest BCUT2D eigenvalue weighted by Crippen LogP contribution is -2.43. The fourth-order valence-electron chi connectivity index (χ4n) is 4.60. The van der Waals surface area contributed by atoms with Crippen molar-refractivity contribution in [3.63, 3.8) is 0 Å². The number of rotatable bonds is 11. The molecule has 5 rings (SSSR count). The van der Waals surface area contributed by atoms with E-state index >= 15 is 0 Å². The smallest absolute Gasteiger partial charge is 0.335 e. The van der Waals surface area contributed by atoms with Crippen LogP contribution in [0.15, 0.2) is 30.5 Å². The van der Waals surface area contributed by atoms with Gasteiger partial charge in [0.15, 0.2) is 11.6 Å². The molecule has 0 bridgehead atoms. The number of hydrogen-bond acceptors (Lipinski definition) is 11. The van der Waals surface area contributed by atoms with Crippen molar-refractivity contribution in [1.82, 2.24) is 30.0 Å². The van der Waals surface area contributed by atoms with Gasteiger partial charge in [0.2, 0.25) is 0 Å². The Bertz CT molecular complexity index is 1430. The minimum atomic E-state index is -0.750. The summed E-state index contributed by atoms with van der Waals surface area (Å²) in [6.45, 7) is 5.68. The number of unbranched alkanes of at least 4 members (excludes halogenated alkanes) is 2. The molecule has 13 heteroatoms. The number of aromatic amines is 1. The lowest BCUT2D eigenvalue weighted by atomic mass is 10.1. The summed E-state index contributed by atoms with van der Waals surface area (Å²) in [6, 6.07) is 8.25. The number of carbonyl (C=O) groups excluding carboxylic acids is 1. The van der Waals surface area contributed by atoms with E-state index in [0.29, 0.717) is 12.2 Å². The van der Waals surface area contributed by atoms with E-state index in [1.165, 1.54) is 4.88 Å². The molecule has 4 heterocycles. The number of likely N-dealkylation sites (N-methyl/N-ethyl adjacent to an activating group) is 1. The fourth-order valence-corrected chi connectivity index (χ4v) is 5.70. The van der Waals surface area contributed by atoms with Gasteiger partial charge in [-0.25, -0.2) is 9.97 Å². The Balaban J connectivity index is 0.00000112. The van der Waals surface area contributed by atoms with Crippen molar-refractivity contribution in [1.29, 1.82) is 0 Å². The molecule has 1 aliphatic rings. The second kappa shape index (κ2) is 14.3. The van der Waals surface area contributed by atoms with Gasteiger partial charge in [0, 0.05) is 61.5 Å². The molecule has 0 atom stereocenters. The molecular formula is C26H33N7O4S2. The Labute approximate surface area is 234 Å². The molecule has 0 spiro atoms. The first-order valence-corrected chi connectivity index (χ1v) is 14.4. The zero-order valence-corrected chi connectivity index (χ0v) is 23.5. The third-order valence-corrected chi connectivity index (χ3v) is 7.84. The van der Waals surface area contributed by atoms with Crippen LogP contribution >= 0.6 is 11.3 Å². The molecule has 208 valence electrons. The highest BCUT2D eigenvalue weighted by Gasteiger charge is 2.18. The number of nitrogens with zero attached hydrogens (tertiary/aromatic N) is 5. The highest BCUT2D eigenvalue weighted by molar-refractivity contribution is 7.51. The van der Waals surface area contributed by atoms with E-state index in [9.17, 15) is 4.79 Å². The Morgan fingerprint density at radius 3 is 2.72 bits per heavy atom. The highest BCUT2D eigenvalue weighted by atomic mass is 32.1. The van der Waals surface area contributed by atoms with Gasteiger partial charge in [-0.15, -0.1) is 11.3 Å². The van der Waals surface area contributed by atoms with Crippen LogP contribution in [0.1, 0.15) is 30.6 Å². The predicted octanol–water partition coefficient (Wildman–Crippen LogP) is 2.85. The number of carbonyl (C=O) groups is 1. The van der Waals surface area contributed by atoms with Gasteiger partial charge in [-0.2, -0.15) is 13.5 Å². The average Bonchev–Trinajstić information content (AvgIpc) is 3.58. The van der Waals surface area contributed by atoms with Crippen LogP contribution in [-0.2, 0) is 22.9 Å². The van der Waals surface area contributed by atoms with E-state index in [-0.39, 0.29) is 12.4 Å². The molecule has 11 nitrogen and oxygen atoms in total. The van der Waals surface area contributed by atoms with Crippen molar-refractivity contribution >= 4 is 55.6 Å². The summed E-state index contributed by atoms with van der Waals surface area (Å²) < 4.78 is 17.7.